The molecule has 5 nitrogen and oxygen atoms in total. The predicted molar refractivity (Wildman–Crippen MR) is 109 cm³/mol. The van der Waals surface area contributed by atoms with Gasteiger partial charge in [0, 0.05) is 32.3 Å². The number of aliphatic hydroxyl groups is 1. The number of ether oxygens (including phenoxy) is 3. The SMILES string of the molecule is COC1OC(O)C2C1=CCC=C(C)CC(OC(C)=O)C2C(C)CCC=C(C)C. The van der Waals surface area contributed by atoms with Crippen molar-refractivity contribution in [2.24, 2.45) is 17.8 Å². The molecule has 5 heteroatoms. The van der Waals surface area contributed by atoms with Gasteiger partial charge in [0.1, 0.15) is 6.10 Å². The maximum Gasteiger partial charge on any atom is 0.302 e. The normalized spacial score (nSPS) is 31.5. The molecular formula is C23H36O5. The Labute approximate surface area is 169 Å². The van der Waals surface area contributed by atoms with E-state index in [9.17, 15) is 9.90 Å². The second-order valence-electron chi connectivity index (χ2n) is 8.38. The third-order valence-electron chi connectivity index (χ3n) is 5.78. The van der Waals surface area contributed by atoms with Crippen molar-refractivity contribution in [1.82, 2.24) is 0 Å². The molecule has 0 bridgehead atoms. The molecule has 1 aliphatic carbocycles. The molecule has 0 aromatic carbocycles. The van der Waals surface area contributed by atoms with Crippen LogP contribution in [0.25, 0.3) is 0 Å². The van der Waals surface area contributed by atoms with Crippen LogP contribution in [0.2, 0.25) is 0 Å². The minimum absolute atomic E-state index is 0.0580. The highest BCUT2D eigenvalue weighted by Gasteiger charge is 2.48. The second-order valence-corrected chi connectivity index (χ2v) is 8.38. The fourth-order valence-electron chi connectivity index (χ4n) is 4.49. The Kier molecular flexibility index (Phi) is 8.47. The monoisotopic (exact) mass is 392 g/mol. The summed E-state index contributed by atoms with van der Waals surface area (Å²) in [6, 6.07) is 0. The first-order valence-electron chi connectivity index (χ1n) is 10.3. The summed E-state index contributed by atoms with van der Waals surface area (Å²) in [4.78, 5) is 11.9. The zero-order valence-corrected chi connectivity index (χ0v) is 18.1. The van der Waals surface area contributed by atoms with Crippen LogP contribution in [0.1, 0.15) is 60.3 Å². The Hall–Kier alpha value is -1.43. The highest BCUT2D eigenvalue weighted by molar-refractivity contribution is 5.66. The molecule has 2 rings (SSSR count). The highest BCUT2D eigenvalue weighted by atomic mass is 16.7. The summed E-state index contributed by atoms with van der Waals surface area (Å²) in [7, 11) is 1.59. The van der Waals surface area contributed by atoms with Crippen molar-refractivity contribution in [3.63, 3.8) is 0 Å². The standard InChI is InChI=1S/C23H36O5/c1-14(2)9-7-11-16(4)20-19(27-17(5)24)13-15(3)10-8-12-18-21(20)22(25)28-23(18)26-6/h9-10,12,16,19-23,25H,7-8,11,13H2,1-6H3. The van der Waals surface area contributed by atoms with Gasteiger partial charge in [-0.2, -0.15) is 0 Å². The van der Waals surface area contributed by atoms with Crippen LogP contribution in [0.3, 0.4) is 0 Å². The van der Waals surface area contributed by atoms with Crippen molar-refractivity contribution in [1.29, 1.82) is 0 Å². The van der Waals surface area contributed by atoms with Crippen LogP contribution in [-0.2, 0) is 19.0 Å². The molecule has 6 unspecified atom stereocenters. The number of hydrogen-bond acceptors (Lipinski definition) is 5. The second kappa shape index (κ2) is 10.4. The minimum Gasteiger partial charge on any atom is -0.462 e. The average Bonchev–Trinajstić information content (AvgIpc) is 2.92. The summed E-state index contributed by atoms with van der Waals surface area (Å²) in [6.45, 7) is 9.90. The van der Waals surface area contributed by atoms with E-state index in [0.29, 0.717) is 6.42 Å². The molecule has 1 N–H and O–H groups in total. The van der Waals surface area contributed by atoms with E-state index in [-0.39, 0.29) is 29.8 Å². The van der Waals surface area contributed by atoms with E-state index in [2.05, 4.69) is 45.9 Å². The van der Waals surface area contributed by atoms with E-state index in [0.717, 1.165) is 24.8 Å². The maximum absolute atomic E-state index is 11.9. The summed E-state index contributed by atoms with van der Waals surface area (Å²) >= 11 is 0. The fourth-order valence-corrected chi connectivity index (χ4v) is 4.49. The van der Waals surface area contributed by atoms with Crippen molar-refractivity contribution in [2.75, 3.05) is 7.11 Å². The van der Waals surface area contributed by atoms with Crippen LogP contribution in [0.15, 0.2) is 34.9 Å². The number of carbonyl (C=O) groups is 1. The molecule has 2 aliphatic rings. The van der Waals surface area contributed by atoms with Gasteiger partial charge >= 0.3 is 5.97 Å². The molecule has 0 amide bonds. The van der Waals surface area contributed by atoms with E-state index < -0.39 is 12.6 Å². The molecule has 158 valence electrons. The van der Waals surface area contributed by atoms with E-state index in [4.69, 9.17) is 14.2 Å². The lowest BCUT2D eigenvalue weighted by atomic mass is 9.72. The topological polar surface area (TPSA) is 65.0 Å². The van der Waals surface area contributed by atoms with E-state index in [1.807, 2.05) is 0 Å². The number of carbonyl (C=O) groups excluding carboxylic acids is 1. The summed E-state index contributed by atoms with van der Waals surface area (Å²) in [5, 5.41) is 10.8. The maximum atomic E-state index is 11.9. The summed E-state index contributed by atoms with van der Waals surface area (Å²) in [5.41, 5.74) is 3.44. The molecule has 1 saturated heterocycles. The van der Waals surface area contributed by atoms with Gasteiger partial charge in [-0.3, -0.25) is 4.79 Å². The van der Waals surface area contributed by atoms with Gasteiger partial charge in [-0.25, -0.2) is 0 Å². The predicted octanol–water partition coefficient (Wildman–Crippen LogP) is 4.52. The largest absolute Gasteiger partial charge is 0.462 e. The van der Waals surface area contributed by atoms with Crippen molar-refractivity contribution < 1.29 is 24.1 Å². The van der Waals surface area contributed by atoms with Crippen LogP contribution in [-0.4, -0.2) is 36.9 Å². The Balaban J connectivity index is 2.43. The molecule has 1 heterocycles. The van der Waals surface area contributed by atoms with Crippen LogP contribution in [0, 0.1) is 17.8 Å². The van der Waals surface area contributed by atoms with E-state index in [1.165, 1.54) is 18.1 Å². The Morgan fingerprint density at radius 1 is 1.36 bits per heavy atom. The van der Waals surface area contributed by atoms with E-state index >= 15 is 0 Å². The molecule has 0 saturated carbocycles. The van der Waals surface area contributed by atoms with Crippen LogP contribution < -0.4 is 0 Å². The van der Waals surface area contributed by atoms with Crippen molar-refractivity contribution in [3.05, 3.63) is 34.9 Å². The van der Waals surface area contributed by atoms with Gasteiger partial charge in [0.15, 0.2) is 12.6 Å². The van der Waals surface area contributed by atoms with Crippen molar-refractivity contribution in [3.8, 4) is 0 Å². The molecule has 6 atom stereocenters. The summed E-state index contributed by atoms with van der Waals surface area (Å²) in [5.74, 6) is -0.374. The number of hydrogen-bond donors (Lipinski definition) is 1. The number of esters is 1. The Bertz CT molecular complexity index is 629. The van der Waals surface area contributed by atoms with Gasteiger partial charge in [0.2, 0.25) is 0 Å². The van der Waals surface area contributed by atoms with Crippen molar-refractivity contribution >= 4 is 5.97 Å². The molecule has 0 aromatic heterocycles. The lowest BCUT2D eigenvalue weighted by molar-refractivity contribution is -0.187. The quantitative estimate of drug-likeness (QED) is 0.532. The van der Waals surface area contributed by atoms with Crippen molar-refractivity contribution in [2.45, 2.75) is 79.0 Å². The molecular weight excluding hydrogens is 356 g/mol. The minimum atomic E-state index is -0.969. The van der Waals surface area contributed by atoms with E-state index in [1.54, 1.807) is 7.11 Å². The zero-order valence-electron chi connectivity index (χ0n) is 18.1. The average molecular weight is 393 g/mol. The van der Waals surface area contributed by atoms with Crippen LogP contribution >= 0.6 is 0 Å². The van der Waals surface area contributed by atoms with Gasteiger partial charge < -0.3 is 19.3 Å². The number of methoxy groups -OCH3 is 1. The zero-order chi connectivity index (χ0) is 20.8. The first-order chi connectivity index (χ1) is 13.2. The highest BCUT2D eigenvalue weighted by Crippen LogP contribution is 2.45. The number of fused-ring (bicyclic) bond motifs is 1. The van der Waals surface area contributed by atoms with Crippen LogP contribution in [0.5, 0.6) is 0 Å². The van der Waals surface area contributed by atoms with Crippen LogP contribution in [0.4, 0.5) is 0 Å². The Morgan fingerprint density at radius 2 is 2.07 bits per heavy atom. The number of rotatable bonds is 6. The molecule has 1 aliphatic heterocycles. The molecule has 1 fully saturated rings. The lowest BCUT2D eigenvalue weighted by Gasteiger charge is -2.37. The Morgan fingerprint density at radius 3 is 2.68 bits per heavy atom. The van der Waals surface area contributed by atoms with Gasteiger partial charge in [-0.1, -0.05) is 36.3 Å². The summed E-state index contributed by atoms with van der Waals surface area (Å²) in [6.07, 6.45) is 7.96. The number of allylic oxidation sites excluding steroid dienone is 4. The first kappa shape index (κ1) is 22.9. The molecule has 0 aromatic rings. The van der Waals surface area contributed by atoms with Gasteiger partial charge in [-0.15, -0.1) is 0 Å². The third-order valence-corrected chi connectivity index (χ3v) is 5.78. The third kappa shape index (κ3) is 5.79. The number of aliphatic hydroxyl groups excluding tert-OH is 1. The first-order valence-corrected chi connectivity index (χ1v) is 10.3. The van der Waals surface area contributed by atoms with Gasteiger partial charge in [0.05, 0.1) is 0 Å². The summed E-state index contributed by atoms with van der Waals surface area (Å²) < 4.78 is 17.0. The van der Waals surface area contributed by atoms with Gasteiger partial charge in [0.25, 0.3) is 0 Å². The lowest BCUT2D eigenvalue weighted by Crippen LogP contribution is -2.40. The fraction of sp³-hybridized carbons (Fsp3) is 0.696. The molecule has 28 heavy (non-hydrogen) atoms. The molecule has 0 spiro atoms. The van der Waals surface area contributed by atoms with Gasteiger partial charge in [-0.05, 0) is 51.5 Å². The molecule has 0 radical (unpaired) electrons. The smallest absolute Gasteiger partial charge is 0.302 e.